The Kier molecular flexibility index (Phi) is 6.47. The molecule has 0 fully saturated rings. The van der Waals surface area contributed by atoms with Crippen LogP contribution in [-0.4, -0.2) is 38.6 Å². The van der Waals surface area contributed by atoms with Crippen LogP contribution in [0.2, 0.25) is 0 Å². The Morgan fingerprint density at radius 2 is 1.64 bits per heavy atom. The van der Waals surface area contributed by atoms with Gasteiger partial charge in [0.05, 0.1) is 12.6 Å². The molecule has 4 rings (SSSR count). The highest BCUT2D eigenvalue weighted by Gasteiger charge is 2.19. The Morgan fingerprint density at radius 3 is 2.39 bits per heavy atom. The van der Waals surface area contributed by atoms with E-state index in [1.807, 2.05) is 24.3 Å². The van der Waals surface area contributed by atoms with Gasteiger partial charge in [0.1, 0.15) is 28.1 Å². The number of sulfonamides is 1. The first kappa shape index (κ1) is 22.6. The van der Waals surface area contributed by atoms with E-state index in [0.29, 0.717) is 22.7 Å². The standard InChI is InChI=1S/C23H20F2N4O3S/c1-32-20-14-17(25)10-11-21(20)33(30,31)27-13-12-26-23-18-4-2-3-5-19(18)28-22(29-23)15-6-8-16(24)9-7-15/h2-11,14,27H,12-13H2,1H3,(H,26,28,29). The van der Waals surface area contributed by atoms with Crippen molar-refractivity contribution in [3.8, 4) is 17.1 Å². The average molecular weight is 471 g/mol. The maximum absolute atomic E-state index is 13.4. The fourth-order valence-corrected chi connectivity index (χ4v) is 4.43. The van der Waals surface area contributed by atoms with Crippen LogP contribution in [0.4, 0.5) is 14.6 Å². The molecule has 0 bridgehead atoms. The number of benzene rings is 3. The van der Waals surface area contributed by atoms with Crippen LogP contribution < -0.4 is 14.8 Å². The van der Waals surface area contributed by atoms with E-state index in [9.17, 15) is 17.2 Å². The highest BCUT2D eigenvalue weighted by atomic mass is 32.2. The molecule has 4 aromatic rings. The summed E-state index contributed by atoms with van der Waals surface area (Å²) in [7, 11) is -2.65. The SMILES string of the molecule is COc1cc(F)ccc1S(=O)(=O)NCCNc1nc(-c2ccc(F)cc2)nc2ccccc12. The number of nitrogens with zero attached hydrogens (tertiary/aromatic N) is 2. The maximum Gasteiger partial charge on any atom is 0.244 e. The molecule has 0 unspecified atom stereocenters. The van der Waals surface area contributed by atoms with Crippen molar-refractivity contribution in [2.75, 3.05) is 25.5 Å². The van der Waals surface area contributed by atoms with Gasteiger partial charge < -0.3 is 10.1 Å². The molecule has 7 nitrogen and oxygen atoms in total. The Bertz CT molecular complexity index is 1400. The van der Waals surface area contributed by atoms with Gasteiger partial charge in [0, 0.05) is 30.1 Å². The van der Waals surface area contributed by atoms with Crippen LogP contribution in [0.3, 0.4) is 0 Å². The van der Waals surface area contributed by atoms with Crippen molar-refractivity contribution < 1.29 is 21.9 Å². The number of ether oxygens (including phenoxy) is 1. The summed E-state index contributed by atoms with van der Waals surface area (Å²) in [4.78, 5) is 8.93. The van der Waals surface area contributed by atoms with E-state index in [2.05, 4.69) is 20.0 Å². The number of halogens is 2. The minimum Gasteiger partial charge on any atom is -0.495 e. The summed E-state index contributed by atoms with van der Waals surface area (Å²) >= 11 is 0. The van der Waals surface area contributed by atoms with Crippen molar-refractivity contribution in [2.24, 2.45) is 0 Å². The molecule has 1 aromatic heterocycles. The molecule has 0 aliphatic rings. The quantitative estimate of drug-likeness (QED) is 0.379. The van der Waals surface area contributed by atoms with Crippen molar-refractivity contribution in [3.63, 3.8) is 0 Å². The van der Waals surface area contributed by atoms with Gasteiger partial charge in [-0.05, 0) is 48.5 Å². The van der Waals surface area contributed by atoms with Crippen molar-refractivity contribution in [1.29, 1.82) is 0 Å². The van der Waals surface area contributed by atoms with E-state index in [1.165, 1.54) is 19.2 Å². The summed E-state index contributed by atoms with van der Waals surface area (Å²) in [6.07, 6.45) is 0. The van der Waals surface area contributed by atoms with Gasteiger partial charge in [0.2, 0.25) is 10.0 Å². The number of hydrogen-bond acceptors (Lipinski definition) is 6. The lowest BCUT2D eigenvalue weighted by Gasteiger charge is -2.13. The lowest BCUT2D eigenvalue weighted by molar-refractivity contribution is 0.398. The van der Waals surface area contributed by atoms with Crippen LogP contribution in [0.15, 0.2) is 71.6 Å². The summed E-state index contributed by atoms with van der Waals surface area (Å²) in [5.41, 5.74) is 1.33. The predicted molar refractivity (Wildman–Crippen MR) is 122 cm³/mol. The van der Waals surface area contributed by atoms with E-state index in [4.69, 9.17) is 4.74 Å². The van der Waals surface area contributed by atoms with E-state index < -0.39 is 15.8 Å². The van der Waals surface area contributed by atoms with Crippen LogP contribution in [0.5, 0.6) is 5.75 Å². The number of hydrogen-bond donors (Lipinski definition) is 2. The van der Waals surface area contributed by atoms with E-state index in [0.717, 1.165) is 23.6 Å². The molecule has 0 amide bonds. The van der Waals surface area contributed by atoms with Gasteiger partial charge in [0.25, 0.3) is 0 Å². The van der Waals surface area contributed by atoms with Crippen molar-refractivity contribution in [3.05, 3.63) is 78.4 Å². The first-order valence-corrected chi connectivity index (χ1v) is 11.5. The molecule has 0 saturated heterocycles. The molecular formula is C23H20F2N4O3S. The molecule has 2 N–H and O–H groups in total. The zero-order valence-electron chi connectivity index (χ0n) is 17.5. The van der Waals surface area contributed by atoms with Crippen molar-refractivity contribution in [2.45, 2.75) is 4.90 Å². The summed E-state index contributed by atoms with van der Waals surface area (Å²) in [5, 5.41) is 3.88. The van der Waals surface area contributed by atoms with Gasteiger partial charge in [-0.15, -0.1) is 0 Å². The molecule has 33 heavy (non-hydrogen) atoms. The number of para-hydroxylation sites is 1. The normalized spacial score (nSPS) is 11.5. The largest absolute Gasteiger partial charge is 0.495 e. The number of fused-ring (bicyclic) bond motifs is 1. The van der Waals surface area contributed by atoms with E-state index >= 15 is 0 Å². The second-order valence-electron chi connectivity index (χ2n) is 7.04. The molecule has 170 valence electrons. The number of anilines is 1. The molecule has 0 saturated carbocycles. The number of aromatic nitrogens is 2. The number of methoxy groups -OCH3 is 1. The summed E-state index contributed by atoms with van der Waals surface area (Å²) < 4.78 is 59.4. The fraction of sp³-hybridized carbons (Fsp3) is 0.130. The summed E-state index contributed by atoms with van der Waals surface area (Å²) in [5.74, 6) is -0.115. The monoisotopic (exact) mass is 470 g/mol. The van der Waals surface area contributed by atoms with Crippen LogP contribution in [0, 0.1) is 11.6 Å². The molecule has 0 radical (unpaired) electrons. The Labute approximate surface area is 189 Å². The molecule has 10 heteroatoms. The summed E-state index contributed by atoms with van der Waals surface area (Å²) in [6.45, 7) is 0.250. The maximum atomic E-state index is 13.4. The smallest absolute Gasteiger partial charge is 0.244 e. The van der Waals surface area contributed by atoms with Gasteiger partial charge in [-0.25, -0.2) is 31.9 Å². The molecule has 0 atom stereocenters. The highest BCUT2D eigenvalue weighted by Crippen LogP contribution is 2.26. The van der Waals surface area contributed by atoms with Gasteiger partial charge in [-0.2, -0.15) is 0 Å². The second kappa shape index (κ2) is 9.47. The van der Waals surface area contributed by atoms with Crippen LogP contribution in [0.25, 0.3) is 22.3 Å². The van der Waals surface area contributed by atoms with Crippen LogP contribution >= 0.6 is 0 Å². The van der Waals surface area contributed by atoms with Gasteiger partial charge >= 0.3 is 0 Å². The third kappa shape index (κ3) is 5.07. The molecular weight excluding hydrogens is 450 g/mol. The molecule has 1 heterocycles. The van der Waals surface area contributed by atoms with Crippen molar-refractivity contribution in [1.82, 2.24) is 14.7 Å². The highest BCUT2D eigenvalue weighted by molar-refractivity contribution is 7.89. The average Bonchev–Trinajstić information content (AvgIpc) is 2.81. The third-order valence-electron chi connectivity index (χ3n) is 4.83. The lowest BCUT2D eigenvalue weighted by Crippen LogP contribution is -2.29. The fourth-order valence-electron chi connectivity index (χ4n) is 3.25. The Morgan fingerprint density at radius 1 is 0.909 bits per heavy atom. The molecule has 0 spiro atoms. The minimum atomic E-state index is -3.92. The first-order chi connectivity index (χ1) is 15.9. The van der Waals surface area contributed by atoms with Gasteiger partial charge in [0.15, 0.2) is 5.82 Å². The second-order valence-corrected chi connectivity index (χ2v) is 8.77. The zero-order valence-corrected chi connectivity index (χ0v) is 18.4. The van der Waals surface area contributed by atoms with Crippen LogP contribution in [0.1, 0.15) is 0 Å². The molecule has 0 aliphatic heterocycles. The van der Waals surface area contributed by atoms with Crippen molar-refractivity contribution >= 4 is 26.7 Å². The Hall–Kier alpha value is -3.63. The third-order valence-corrected chi connectivity index (χ3v) is 6.33. The van der Waals surface area contributed by atoms with E-state index in [1.54, 1.807) is 12.1 Å². The minimum absolute atomic E-state index is 0.0348. The Balaban J connectivity index is 1.52. The molecule has 3 aromatic carbocycles. The predicted octanol–water partition coefficient (Wildman–Crippen LogP) is 3.97. The van der Waals surface area contributed by atoms with Gasteiger partial charge in [-0.3, -0.25) is 0 Å². The van der Waals surface area contributed by atoms with E-state index in [-0.39, 0.29) is 29.6 Å². The topological polar surface area (TPSA) is 93.2 Å². The molecule has 0 aliphatic carbocycles. The number of nitrogens with one attached hydrogen (secondary N) is 2. The first-order valence-electron chi connectivity index (χ1n) is 9.97. The van der Waals surface area contributed by atoms with Gasteiger partial charge in [-0.1, -0.05) is 12.1 Å². The lowest BCUT2D eigenvalue weighted by atomic mass is 10.2. The van der Waals surface area contributed by atoms with Crippen LogP contribution in [-0.2, 0) is 10.0 Å². The zero-order chi connectivity index (χ0) is 23.4. The summed E-state index contributed by atoms with van der Waals surface area (Å²) in [6, 6.07) is 16.4. The number of rotatable bonds is 8.